The molecule has 1 heterocycles. The highest BCUT2D eigenvalue weighted by atomic mass is 16.5. The minimum atomic E-state index is -0.355. The second-order valence-corrected chi connectivity index (χ2v) is 3.85. The van der Waals surface area contributed by atoms with Crippen LogP contribution in [0.15, 0.2) is 36.9 Å². The molecule has 1 aromatic heterocycles. The molecule has 1 aromatic carbocycles. The first kappa shape index (κ1) is 12.2. The Morgan fingerprint density at radius 1 is 1.39 bits per heavy atom. The van der Waals surface area contributed by atoms with Gasteiger partial charge in [-0.25, -0.2) is 4.79 Å². The SMILES string of the molecule is C=CCn1c(C(=O)OC)cc2ccc(OC)cc21. The quantitative estimate of drug-likeness (QED) is 0.614. The Kier molecular flexibility index (Phi) is 3.37. The van der Waals surface area contributed by atoms with E-state index in [0.29, 0.717) is 12.2 Å². The highest BCUT2D eigenvalue weighted by Gasteiger charge is 2.15. The fourth-order valence-electron chi connectivity index (χ4n) is 1.96. The predicted octanol–water partition coefficient (Wildman–Crippen LogP) is 2.62. The largest absolute Gasteiger partial charge is 0.497 e. The summed E-state index contributed by atoms with van der Waals surface area (Å²) in [6.07, 6.45) is 1.74. The van der Waals surface area contributed by atoms with Crippen LogP contribution in [0.2, 0.25) is 0 Å². The lowest BCUT2D eigenvalue weighted by atomic mass is 10.2. The number of hydrogen-bond donors (Lipinski definition) is 0. The zero-order valence-corrected chi connectivity index (χ0v) is 10.5. The molecule has 0 saturated heterocycles. The number of methoxy groups -OCH3 is 2. The third-order valence-electron chi connectivity index (χ3n) is 2.82. The zero-order chi connectivity index (χ0) is 13.1. The van der Waals surface area contributed by atoms with Crippen LogP contribution in [0.3, 0.4) is 0 Å². The van der Waals surface area contributed by atoms with Crippen LogP contribution >= 0.6 is 0 Å². The number of carbonyl (C=O) groups excluding carboxylic acids is 1. The van der Waals surface area contributed by atoms with E-state index in [2.05, 4.69) is 6.58 Å². The van der Waals surface area contributed by atoms with Crippen molar-refractivity contribution in [3.05, 3.63) is 42.6 Å². The van der Waals surface area contributed by atoms with Gasteiger partial charge in [0, 0.05) is 18.0 Å². The smallest absolute Gasteiger partial charge is 0.354 e. The first-order valence-corrected chi connectivity index (χ1v) is 5.57. The van der Waals surface area contributed by atoms with Crippen LogP contribution in [0, 0.1) is 0 Å². The van der Waals surface area contributed by atoms with Gasteiger partial charge in [0.15, 0.2) is 0 Å². The third kappa shape index (κ3) is 1.97. The number of esters is 1. The van der Waals surface area contributed by atoms with Crippen molar-refractivity contribution in [2.24, 2.45) is 0 Å². The molecule has 0 amide bonds. The lowest BCUT2D eigenvalue weighted by Gasteiger charge is -2.07. The second kappa shape index (κ2) is 4.96. The normalized spacial score (nSPS) is 10.3. The number of carbonyl (C=O) groups is 1. The first-order valence-electron chi connectivity index (χ1n) is 5.57. The number of aromatic nitrogens is 1. The van der Waals surface area contributed by atoms with Gasteiger partial charge < -0.3 is 14.0 Å². The highest BCUT2D eigenvalue weighted by Crippen LogP contribution is 2.25. The molecule has 0 saturated carbocycles. The molecule has 0 N–H and O–H groups in total. The van der Waals surface area contributed by atoms with E-state index in [1.54, 1.807) is 13.2 Å². The van der Waals surface area contributed by atoms with E-state index < -0.39 is 0 Å². The first-order chi connectivity index (χ1) is 8.71. The van der Waals surface area contributed by atoms with Crippen molar-refractivity contribution < 1.29 is 14.3 Å². The number of rotatable bonds is 4. The molecule has 18 heavy (non-hydrogen) atoms. The molecule has 4 nitrogen and oxygen atoms in total. The molecule has 0 atom stereocenters. The van der Waals surface area contributed by atoms with E-state index >= 15 is 0 Å². The molecular formula is C14H15NO3. The van der Waals surface area contributed by atoms with Gasteiger partial charge in [0.1, 0.15) is 11.4 Å². The molecule has 0 unspecified atom stereocenters. The Morgan fingerprint density at radius 2 is 2.17 bits per heavy atom. The lowest BCUT2D eigenvalue weighted by molar-refractivity contribution is 0.0589. The van der Waals surface area contributed by atoms with E-state index in [1.807, 2.05) is 28.8 Å². The van der Waals surface area contributed by atoms with Gasteiger partial charge in [0.05, 0.1) is 19.7 Å². The minimum Gasteiger partial charge on any atom is -0.497 e. The van der Waals surface area contributed by atoms with Crippen LogP contribution in [0.1, 0.15) is 10.5 Å². The van der Waals surface area contributed by atoms with Gasteiger partial charge in [-0.3, -0.25) is 0 Å². The number of allylic oxidation sites excluding steroid dienone is 1. The van der Waals surface area contributed by atoms with Gasteiger partial charge in [0.2, 0.25) is 0 Å². The van der Waals surface area contributed by atoms with Crippen molar-refractivity contribution in [2.75, 3.05) is 14.2 Å². The Bertz CT molecular complexity index is 598. The average molecular weight is 245 g/mol. The number of nitrogens with zero attached hydrogens (tertiary/aromatic N) is 1. The van der Waals surface area contributed by atoms with Gasteiger partial charge in [0.25, 0.3) is 0 Å². The van der Waals surface area contributed by atoms with Crippen LogP contribution in [-0.4, -0.2) is 24.8 Å². The topological polar surface area (TPSA) is 40.5 Å². The van der Waals surface area contributed by atoms with E-state index in [0.717, 1.165) is 16.7 Å². The van der Waals surface area contributed by atoms with Crippen LogP contribution in [0.5, 0.6) is 5.75 Å². The molecule has 0 fully saturated rings. The van der Waals surface area contributed by atoms with Crippen LogP contribution in [0.4, 0.5) is 0 Å². The van der Waals surface area contributed by atoms with Crippen LogP contribution < -0.4 is 4.74 Å². The maximum absolute atomic E-state index is 11.7. The Hall–Kier alpha value is -2.23. The maximum atomic E-state index is 11.7. The lowest BCUT2D eigenvalue weighted by Crippen LogP contribution is -2.09. The summed E-state index contributed by atoms with van der Waals surface area (Å²) in [5.74, 6) is 0.398. The van der Waals surface area contributed by atoms with Crippen LogP contribution in [0.25, 0.3) is 10.9 Å². The summed E-state index contributed by atoms with van der Waals surface area (Å²) in [4.78, 5) is 11.7. The second-order valence-electron chi connectivity index (χ2n) is 3.85. The monoisotopic (exact) mass is 245 g/mol. The summed E-state index contributed by atoms with van der Waals surface area (Å²) in [5.41, 5.74) is 1.44. The van der Waals surface area contributed by atoms with Crippen LogP contribution in [-0.2, 0) is 11.3 Å². The molecular weight excluding hydrogens is 230 g/mol. The van der Waals surface area contributed by atoms with E-state index in [-0.39, 0.29) is 5.97 Å². The van der Waals surface area contributed by atoms with Crippen molar-refractivity contribution in [2.45, 2.75) is 6.54 Å². The van der Waals surface area contributed by atoms with E-state index in [9.17, 15) is 4.79 Å². The summed E-state index contributed by atoms with van der Waals surface area (Å²) in [5, 5.41) is 0.970. The maximum Gasteiger partial charge on any atom is 0.354 e. The summed E-state index contributed by atoms with van der Waals surface area (Å²) in [7, 11) is 2.99. The Morgan fingerprint density at radius 3 is 2.78 bits per heavy atom. The molecule has 2 aromatic rings. The summed E-state index contributed by atoms with van der Waals surface area (Å²) < 4.78 is 11.8. The standard InChI is InChI=1S/C14H15NO3/c1-4-7-15-12-9-11(17-2)6-5-10(12)8-13(15)14(16)18-3/h4-6,8-9H,1,7H2,2-3H3. The fraction of sp³-hybridized carbons (Fsp3) is 0.214. The van der Waals surface area contributed by atoms with Gasteiger partial charge in [-0.2, -0.15) is 0 Å². The molecule has 0 aliphatic heterocycles. The van der Waals surface area contributed by atoms with Crippen molar-refractivity contribution >= 4 is 16.9 Å². The van der Waals surface area contributed by atoms with Gasteiger partial charge in [-0.1, -0.05) is 6.08 Å². The summed E-state index contributed by atoms with van der Waals surface area (Å²) in [6.45, 7) is 4.25. The number of ether oxygens (including phenoxy) is 2. The number of hydrogen-bond acceptors (Lipinski definition) is 3. The molecule has 0 bridgehead atoms. The summed E-state index contributed by atoms with van der Waals surface area (Å²) in [6, 6.07) is 7.48. The molecule has 94 valence electrons. The zero-order valence-electron chi connectivity index (χ0n) is 10.5. The molecule has 2 rings (SSSR count). The Balaban J connectivity index is 2.67. The molecule has 4 heteroatoms. The van der Waals surface area contributed by atoms with Crippen molar-refractivity contribution in [3.63, 3.8) is 0 Å². The van der Waals surface area contributed by atoms with Gasteiger partial charge >= 0.3 is 5.97 Å². The fourth-order valence-corrected chi connectivity index (χ4v) is 1.96. The predicted molar refractivity (Wildman–Crippen MR) is 70.0 cm³/mol. The highest BCUT2D eigenvalue weighted by molar-refractivity contribution is 5.96. The number of benzene rings is 1. The third-order valence-corrected chi connectivity index (χ3v) is 2.82. The van der Waals surface area contributed by atoms with Crippen molar-refractivity contribution in [3.8, 4) is 5.75 Å². The van der Waals surface area contributed by atoms with E-state index in [4.69, 9.17) is 9.47 Å². The van der Waals surface area contributed by atoms with Crippen molar-refractivity contribution in [1.82, 2.24) is 4.57 Å². The minimum absolute atomic E-state index is 0.355. The molecule has 0 radical (unpaired) electrons. The Labute approximate surface area is 105 Å². The molecule has 0 aliphatic rings. The van der Waals surface area contributed by atoms with Gasteiger partial charge in [-0.05, 0) is 18.2 Å². The molecule has 0 spiro atoms. The summed E-state index contributed by atoms with van der Waals surface area (Å²) >= 11 is 0. The average Bonchev–Trinajstić information content (AvgIpc) is 2.76. The van der Waals surface area contributed by atoms with Gasteiger partial charge in [-0.15, -0.1) is 6.58 Å². The molecule has 0 aliphatic carbocycles. The van der Waals surface area contributed by atoms with Crippen molar-refractivity contribution in [1.29, 1.82) is 0 Å². The van der Waals surface area contributed by atoms with E-state index in [1.165, 1.54) is 7.11 Å². The number of fused-ring (bicyclic) bond motifs is 1.